The molecule has 7 nitrogen and oxygen atoms in total. The molecule has 25 heavy (non-hydrogen) atoms. The van der Waals surface area contributed by atoms with Crippen LogP contribution in [0.25, 0.3) is 11.4 Å². The molecule has 0 aliphatic rings. The minimum Gasteiger partial charge on any atom is -0.496 e. The molecule has 0 bridgehead atoms. The zero-order valence-electron chi connectivity index (χ0n) is 14.1. The fourth-order valence-corrected chi connectivity index (χ4v) is 2.52. The first-order valence-corrected chi connectivity index (χ1v) is 8.00. The third kappa shape index (κ3) is 3.82. The minimum absolute atomic E-state index is 0.0137. The van der Waals surface area contributed by atoms with Crippen LogP contribution >= 0.6 is 0 Å². The van der Waals surface area contributed by atoms with Crippen LogP contribution in [-0.2, 0) is 17.8 Å². The Morgan fingerprint density at radius 3 is 2.72 bits per heavy atom. The molecule has 3 aromatic rings. The van der Waals surface area contributed by atoms with Crippen LogP contribution in [0.15, 0.2) is 48.5 Å². The Bertz CT molecular complexity index is 875. The fraction of sp³-hybridized carbons (Fsp3) is 0.222. The van der Waals surface area contributed by atoms with Gasteiger partial charge in [-0.15, -0.1) is 10.2 Å². The lowest BCUT2D eigenvalue weighted by Crippen LogP contribution is -2.21. The monoisotopic (exact) mass is 337 g/mol. The van der Waals surface area contributed by atoms with Gasteiger partial charge >= 0.3 is 0 Å². The van der Waals surface area contributed by atoms with Gasteiger partial charge < -0.3 is 10.1 Å². The molecule has 0 saturated heterocycles. The molecule has 2 aromatic carbocycles. The summed E-state index contributed by atoms with van der Waals surface area (Å²) in [6.07, 6.45) is 0.843. The molecule has 0 fully saturated rings. The molecule has 1 aromatic heterocycles. The molecule has 0 saturated carbocycles. The van der Waals surface area contributed by atoms with Crippen molar-refractivity contribution in [3.8, 4) is 17.1 Å². The van der Waals surface area contributed by atoms with Gasteiger partial charge in [0.15, 0.2) is 0 Å². The number of hydrogen-bond donors (Lipinski definition) is 1. The maximum absolute atomic E-state index is 12.3. The van der Waals surface area contributed by atoms with Gasteiger partial charge in [-0.05, 0) is 35.4 Å². The summed E-state index contributed by atoms with van der Waals surface area (Å²) in [5, 5.41) is 15.1. The van der Waals surface area contributed by atoms with Gasteiger partial charge in [0.05, 0.1) is 12.7 Å². The van der Waals surface area contributed by atoms with Crippen molar-refractivity contribution in [1.29, 1.82) is 0 Å². The fourth-order valence-electron chi connectivity index (χ4n) is 2.52. The second kappa shape index (κ2) is 7.57. The van der Waals surface area contributed by atoms with Crippen LogP contribution in [0.2, 0.25) is 0 Å². The number of rotatable bonds is 6. The van der Waals surface area contributed by atoms with E-state index in [1.165, 1.54) is 4.80 Å². The summed E-state index contributed by atoms with van der Waals surface area (Å²) in [6, 6.07) is 15.1. The number of aryl methyl sites for hydroxylation is 1. The number of carbonyl (C=O) groups excluding carboxylic acids is 1. The van der Waals surface area contributed by atoms with E-state index in [1.54, 1.807) is 7.11 Å². The number of tetrazole rings is 1. The Balaban J connectivity index is 1.72. The van der Waals surface area contributed by atoms with E-state index in [0.717, 1.165) is 23.2 Å². The van der Waals surface area contributed by atoms with E-state index in [1.807, 2.05) is 55.5 Å². The number of methoxy groups -OCH3 is 1. The number of ether oxygens (including phenoxy) is 1. The van der Waals surface area contributed by atoms with Crippen molar-refractivity contribution in [2.45, 2.75) is 19.9 Å². The highest BCUT2D eigenvalue weighted by atomic mass is 16.5. The molecule has 1 heterocycles. The number of nitrogens with one attached hydrogen (secondary N) is 1. The summed E-state index contributed by atoms with van der Waals surface area (Å²) in [6.45, 7) is 2.03. The van der Waals surface area contributed by atoms with Crippen LogP contribution in [0, 0.1) is 0 Å². The number of nitrogens with zero attached hydrogens (tertiary/aromatic N) is 4. The highest BCUT2D eigenvalue weighted by Crippen LogP contribution is 2.25. The van der Waals surface area contributed by atoms with Crippen LogP contribution in [0.3, 0.4) is 0 Å². The Morgan fingerprint density at radius 1 is 1.16 bits per heavy atom. The Morgan fingerprint density at radius 2 is 1.92 bits per heavy atom. The van der Waals surface area contributed by atoms with Crippen molar-refractivity contribution in [2.75, 3.05) is 12.4 Å². The first kappa shape index (κ1) is 16.6. The predicted molar refractivity (Wildman–Crippen MR) is 94.3 cm³/mol. The third-order valence-corrected chi connectivity index (χ3v) is 3.76. The van der Waals surface area contributed by atoms with Crippen LogP contribution in [0.5, 0.6) is 5.75 Å². The first-order valence-electron chi connectivity index (χ1n) is 8.00. The maximum Gasteiger partial charge on any atom is 0.248 e. The minimum atomic E-state index is -0.204. The molecule has 0 spiro atoms. The predicted octanol–water partition coefficient (Wildman–Crippen LogP) is 2.55. The summed E-state index contributed by atoms with van der Waals surface area (Å²) in [4.78, 5) is 13.5. The summed E-state index contributed by atoms with van der Waals surface area (Å²) in [5.74, 6) is 0.868. The van der Waals surface area contributed by atoms with Gasteiger partial charge in [0, 0.05) is 5.69 Å². The lowest BCUT2D eigenvalue weighted by Gasteiger charge is -2.08. The van der Waals surface area contributed by atoms with Crippen LogP contribution < -0.4 is 10.1 Å². The zero-order chi connectivity index (χ0) is 17.6. The van der Waals surface area contributed by atoms with Crippen molar-refractivity contribution in [3.05, 3.63) is 54.1 Å². The summed E-state index contributed by atoms with van der Waals surface area (Å²) < 4.78 is 5.30. The molecule has 128 valence electrons. The van der Waals surface area contributed by atoms with Gasteiger partial charge in [-0.3, -0.25) is 4.79 Å². The number of amides is 1. The molecule has 3 rings (SSSR count). The zero-order valence-corrected chi connectivity index (χ0v) is 14.1. The van der Waals surface area contributed by atoms with Gasteiger partial charge in [-0.1, -0.05) is 37.3 Å². The first-order chi connectivity index (χ1) is 12.2. The molecule has 0 aliphatic carbocycles. The second-order valence-electron chi connectivity index (χ2n) is 5.40. The summed E-state index contributed by atoms with van der Waals surface area (Å²) in [7, 11) is 1.59. The van der Waals surface area contributed by atoms with E-state index in [4.69, 9.17) is 4.74 Å². The molecular formula is C18H19N5O2. The van der Waals surface area contributed by atoms with Gasteiger partial charge in [0.25, 0.3) is 0 Å². The SMILES string of the molecule is CCc1ccccc1NC(=O)Cn1nnc(-c2ccccc2OC)n1. The van der Waals surface area contributed by atoms with Crippen molar-refractivity contribution in [3.63, 3.8) is 0 Å². The topological polar surface area (TPSA) is 81.9 Å². The van der Waals surface area contributed by atoms with E-state index in [9.17, 15) is 4.79 Å². The number of carbonyl (C=O) groups is 1. The highest BCUT2D eigenvalue weighted by Gasteiger charge is 2.13. The van der Waals surface area contributed by atoms with Crippen molar-refractivity contribution >= 4 is 11.6 Å². The average Bonchev–Trinajstić information content (AvgIpc) is 3.10. The number of benzene rings is 2. The highest BCUT2D eigenvalue weighted by molar-refractivity contribution is 5.91. The van der Waals surface area contributed by atoms with E-state index in [0.29, 0.717) is 11.6 Å². The molecule has 0 atom stereocenters. The van der Waals surface area contributed by atoms with Gasteiger partial charge in [-0.25, -0.2) is 0 Å². The number of para-hydroxylation sites is 2. The van der Waals surface area contributed by atoms with E-state index < -0.39 is 0 Å². The van der Waals surface area contributed by atoms with Crippen molar-refractivity contribution < 1.29 is 9.53 Å². The van der Waals surface area contributed by atoms with E-state index in [2.05, 4.69) is 20.7 Å². The Kier molecular flexibility index (Phi) is 5.03. The quantitative estimate of drug-likeness (QED) is 0.747. The molecule has 0 radical (unpaired) electrons. The second-order valence-corrected chi connectivity index (χ2v) is 5.40. The van der Waals surface area contributed by atoms with E-state index >= 15 is 0 Å². The van der Waals surface area contributed by atoms with E-state index in [-0.39, 0.29) is 12.5 Å². The van der Waals surface area contributed by atoms with Gasteiger partial charge in [0.1, 0.15) is 12.3 Å². The molecular weight excluding hydrogens is 318 g/mol. The van der Waals surface area contributed by atoms with Crippen LogP contribution in [0.4, 0.5) is 5.69 Å². The maximum atomic E-state index is 12.3. The summed E-state index contributed by atoms with van der Waals surface area (Å²) in [5.41, 5.74) is 2.62. The molecule has 0 unspecified atom stereocenters. The molecule has 1 amide bonds. The normalized spacial score (nSPS) is 10.5. The molecule has 1 N–H and O–H groups in total. The number of hydrogen-bond acceptors (Lipinski definition) is 5. The summed E-state index contributed by atoms with van der Waals surface area (Å²) >= 11 is 0. The Labute approximate surface area is 145 Å². The van der Waals surface area contributed by atoms with Crippen LogP contribution in [-0.4, -0.2) is 33.2 Å². The van der Waals surface area contributed by atoms with Gasteiger partial charge in [0.2, 0.25) is 11.7 Å². The van der Waals surface area contributed by atoms with Crippen LogP contribution in [0.1, 0.15) is 12.5 Å². The molecule has 0 aliphatic heterocycles. The molecule has 7 heteroatoms. The lowest BCUT2D eigenvalue weighted by molar-refractivity contribution is -0.117. The number of aromatic nitrogens is 4. The number of anilines is 1. The van der Waals surface area contributed by atoms with Crippen molar-refractivity contribution in [2.24, 2.45) is 0 Å². The largest absolute Gasteiger partial charge is 0.496 e. The van der Waals surface area contributed by atoms with Crippen molar-refractivity contribution in [1.82, 2.24) is 20.2 Å². The standard InChI is InChI=1S/C18H19N5O2/c1-3-13-8-4-6-10-15(13)19-17(24)12-23-21-18(20-22-23)14-9-5-7-11-16(14)25-2/h4-11H,3,12H2,1-2H3,(H,19,24). The smallest absolute Gasteiger partial charge is 0.248 e. The van der Waals surface area contributed by atoms with Gasteiger partial charge in [-0.2, -0.15) is 4.80 Å². The third-order valence-electron chi connectivity index (χ3n) is 3.76. The Hall–Kier alpha value is -3.22. The lowest BCUT2D eigenvalue weighted by atomic mass is 10.1. The average molecular weight is 337 g/mol.